The molecule has 2 rings (SSSR count). The summed E-state index contributed by atoms with van der Waals surface area (Å²) < 4.78 is 38.9. The molecule has 0 saturated heterocycles. The van der Waals surface area contributed by atoms with E-state index in [1.54, 1.807) is 0 Å². The molecule has 0 aromatic heterocycles. The Morgan fingerprint density at radius 1 is 1.21 bits per heavy atom. The molecule has 24 heavy (non-hydrogen) atoms. The van der Waals surface area contributed by atoms with Crippen LogP contribution in [0.2, 0.25) is 10.0 Å². The van der Waals surface area contributed by atoms with Gasteiger partial charge in [-0.3, -0.25) is 4.79 Å². The molecule has 0 aliphatic rings. The minimum Gasteiger partial charge on any atom is -0.325 e. The van der Waals surface area contributed by atoms with E-state index in [0.29, 0.717) is 0 Å². The van der Waals surface area contributed by atoms with Crippen LogP contribution in [0.3, 0.4) is 0 Å². The lowest BCUT2D eigenvalue weighted by molar-refractivity contribution is -0.116. The first-order valence-corrected chi connectivity index (χ1v) is 8.86. The monoisotopic (exact) mass is 390 g/mol. The number of hydrogen-bond donors (Lipinski definition) is 1. The minimum atomic E-state index is -4.01. The van der Waals surface area contributed by atoms with Crippen molar-refractivity contribution in [2.75, 3.05) is 18.9 Å². The van der Waals surface area contributed by atoms with Gasteiger partial charge in [0.15, 0.2) is 0 Å². The number of likely N-dealkylation sites (N-methyl/N-ethyl adjacent to an activating group) is 1. The average molecular weight is 391 g/mol. The molecule has 0 heterocycles. The molecule has 0 radical (unpaired) electrons. The fourth-order valence-electron chi connectivity index (χ4n) is 1.90. The Kier molecular flexibility index (Phi) is 5.82. The van der Waals surface area contributed by atoms with E-state index in [-0.39, 0.29) is 20.6 Å². The Morgan fingerprint density at radius 2 is 1.92 bits per heavy atom. The van der Waals surface area contributed by atoms with Gasteiger partial charge in [0.25, 0.3) is 0 Å². The van der Waals surface area contributed by atoms with E-state index in [0.717, 1.165) is 10.4 Å². The summed E-state index contributed by atoms with van der Waals surface area (Å²) in [5.41, 5.74) is 0.228. The zero-order valence-electron chi connectivity index (χ0n) is 12.5. The fraction of sp³-hybridized carbons (Fsp3) is 0.133. The molecular formula is C15H13Cl2FN2O3S. The lowest BCUT2D eigenvalue weighted by Crippen LogP contribution is -2.35. The second kappa shape index (κ2) is 7.48. The number of halogens is 3. The summed E-state index contributed by atoms with van der Waals surface area (Å²) in [6.45, 7) is -0.471. The molecule has 0 spiro atoms. The molecule has 0 saturated carbocycles. The van der Waals surface area contributed by atoms with E-state index in [1.807, 2.05) is 0 Å². The minimum absolute atomic E-state index is 0.00297. The van der Waals surface area contributed by atoms with Crippen LogP contribution in [0.25, 0.3) is 0 Å². The number of anilines is 1. The van der Waals surface area contributed by atoms with Gasteiger partial charge in [0.05, 0.1) is 11.6 Å². The maximum absolute atomic E-state index is 13.1. The van der Waals surface area contributed by atoms with E-state index in [2.05, 4.69) is 5.32 Å². The number of benzene rings is 2. The second-order valence-corrected chi connectivity index (χ2v) is 7.75. The summed E-state index contributed by atoms with van der Waals surface area (Å²) in [6, 6.07) is 9.30. The maximum atomic E-state index is 13.1. The van der Waals surface area contributed by atoms with Crippen molar-refractivity contribution in [2.24, 2.45) is 0 Å². The van der Waals surface area contributed by atoms with Crippen LogP contribution in [-0.4, -0.2) is 32.2 Å². The first-order chi connectivity index (χ1) is 11.2. The van der Waals surface area contributed by atoms with Gasteiger partial charge in [-0.25, -0.2) is 12.8 Å². The molecule has 2 aromatic rings. The predicted octanol–water partition coefficient (Wildman–Crippen LogP) is 3.39. The Hall–Kier alpha value is -1.67. The summed E-state index contributed by atoms with van der Waals surface area (Å²) in [7, 11) is -2.77. The Morgan fingerprint density at radius 3 is 2.58 bits per heavy atom. The lowest BCUT2D eigenvalue weighted by atomic mass is 10.3. The third-order valence-corrected chi connectivity index (χ3v) is 5.58. The number of carbonyl (C=O) groups is 1. The van der Waals surface area contributed by atoms with Crippen LogP contribution in [0.4, 0.5) is 10.1 Å². The Balaban J connectivity index is 2.14. The smallest absolute Gasteiger partial charge is 0.244 e. The molecule has 9 heteroatoms. The number of nitrogens with one attached hydrogen (secondary N) is 1. The number of carbonyl (C=O) groups excluding carboxylic acids is 1. The molecule has 0 fully saturated rings. The highest BCUT2D eigenvalue weighted by Crippen LogP contribution is 2.27. The van der Waals surface area contributed by atoms with Crippen molar-refractivity contribution < 1.29 is 17.6 Å². The molecule has 0 bridgehead atoms. The zero-order valence-corrected chi connectivity index (χ0v) is 14.8. The normalized spacial score (nSPS) is 11.5. The highest BCUT2D eigenvalue weighted by Gasteiger charge is 2.25. The first kappa shape index (κ1) is 18.7. The molecule has 2 aromatic carbocycles. The standard InChI is InChI=1S/C15H13Cl2FN2O3S/c1-20(9-15(21)19-12-4-2-3-11(18)8-12)24(22,23)14-7-10(16)5-6-13(14)17/h2-8H,9H2,1H3,(H,19,21). The van der Waals surface area contributed by atoms with Crippen LogP contribution < -0.4 is 5.32 Å². The van der Waals surface area contributed by atoms with Crippen LogP contribution >= 0.6 is 23.2 Å². The van der Waals surface area contributed by atoms with Crippen LogP contribution in [0, 0.1) is 5.82 Å². The molecule has 128 valence electrons. The van der Waals surface area contributed by atoms with Gasteiger partial charge >= 0.3 is 0 Å². The SMILES string of the molecule is CN(CC(=O)Nc1cccc(F)c1)S(=O)(=O)c1cc(Cl)ccc1Cl. The largest absolute Gasteiger partial charge is 0.325 e. The van der Waals surface area contributed by atoms with Crippen LogP contribution in [0.5, 0.6) is 0 Å². The molecule has 0 atom stereocenters. The highest BCUT2D eigenvalue weighted by molar-refractivity contribution is 7.89. The second-order valence-electron chi connectivity index (χ2n) is 4.89. The van der Waals surface area contributed by atoms with Gasteiger partial charge in [0, 0.05) is 17.8 Å². The molecule has 0 unspecified atom stereocenters. The van der Waals surface area contributed by atoms with Gasteiger partial charge in [0.2, 0.25) is 15.9 Å². The van der Waals surface area contributed by atoms with Gasteiger partial charge in [-0.05, 0) is 36.4 Å². The highest BCUT2D eigenvalue weighted by atomic mass is 35.5. The number of rotatable bonds is 5. The number of nitrogens with zero attached hydrogens (tertiary/aromatic N) is 1. The average Bonchev–Trinajstić information content (AvgIpc) is 2.49. The van der Waals surface area contributed by atoms with Gasteiger partial charge in [-0.2, -0.15) is 4.31 Å². The third kappa shape index (κ3) is 4.45. The predicted molar refractivity (Wildman–Crippen MR) is 91.3 cm³/mol. The van der Waals surface area contributed by atoms with E-state index >= 15 is 0 Å². The molecule has 0 aliphatic carbocycles. The number of sulfonamides is 1. The molecule has 1 N–H and O–H groups in total. The zero-order chi connectivity index (χ0) is 17.9. The summed E-state index contributed by atoms with van der Waals surface area (Å²) >= 11 is 11.7. The van der Waals surface area contributed by atoms with E-state index < -0.39 is 28.3 Å². The Bertz CT molecular complexity index is 875. The summed E-state index contributed by atoms with van der Waals surface area (Å²) in [6.07, 6.45) is 0. The molecule has 0 aliphatic heterocycles. The quantitative estimate of drug-likeness (QED) is 0.850. The Labute approximate surface area is 149 Å². The molecule has 5 nitrogen and oxygen atoms in total. The van der Waals surface area contributed by atoms with Crippen molar-refractivity contribution in [1.29, 1.82) is 0 Å². The number of hydrogen-bond acceptors (Lipinski definition) is 3. The van der Waals surface area contributed by atoms with Gasteiger partial charge in [-0.1, -0.05) is 29.3 Å². The van der Waals surface area contributed by atoms with Crippen molar-refractivity contribution in [1.82, 2.24) is 4.31 Å². The van der Waals surface area contributed by atoms with E-state index in [4.69, 9.17) is 23.2 Å². The lowest BCUT2D eigenvalue weighted by Gasteiger charge is -2.18. The summed E-state index contributed by atoms with van der Waals surface area (Å²) in [4.78, 5) is 11.8. The molecular weight excluding hydrogens is 378 g/mol. The summed E-state index contributed by atoms with van der Waals surface area (Å²) in [5, 5.41) is 2.62. The van der Waals surface area contributed by atoms with Crippen molar-refractivity contribution in [2.45, 2.75) is 4.90 Å². The van der Waals surface area contributed by atoms with E-state index in [1.165, 1.54) is 43.4 Å². The summed E-state index contributed by atoms with van der Waals surface area (Å²) in [5.74, 6) is -1.13. The number of amides is 1. The van der Waals surface area contributed by atoms with Crippen LogP contribution in [-0.2, 0) is 14.8 Å². The fourth-order valence-corrected chi connectivity index (χ4v) is 3.76. The van der Waals surface area contributed by atoms with Crippen LogP contribution in [0.1, 0.15) is 0 Å². The van der Waals surface area contributed by atoms with Gasteiger partial charge in [-0.15, -0.1) is 0 Å². The third-order valence-electron chi connectivity index (χ3n) is 3.06. The maximum Gasteiger partial charge on any atom is 0.244 e. The van der Waals surface area contributed by atoms with Crippen molar-refractivity contribution in [3.05, 3.63) is 58.3 Å². The van der Waals surface area contributed by atoms with E-state index in [9.17, 15) is 17.6 Å². The molecule has 1 amide bonds. The first-order valence-electron chi connectivity index (χ1n) is 6.67. The van der Waals surface area contributed by atoms with Gasteiger partial charge in [0.1, 0.15) is 10.7 Å². The topological polar surface area (TPSA) is 66.5 Å². The van der Waals surface area contributed by atoms with Crippen molar-refractivity contribution in [3.63, 3.8) is 0 Å². The van der Waals surface area contributed by atoms with Crippen molar-refractivity contribution >= 4 is 44.8 Å². The van der Waals surface area contributed by atoms with Crippen LogP contribution in [0.15, 0.2) is 47.4 Å². The van der Waals surface area contributed by atoms with Crippen molar-refractivity contribution in [3.8, 4) is 0 Å². The van der Waals surface area contributed by atoms with Gasteiger partial charge < -0.3 is 5.32 Å².